The summed E-state index contributed by atoms with van der Waals surface area (Å²) < 4.78 is 0. The fourth-order valence-corrected chi connectivity index (χ4v) is 2.65. The second kappa shape index (κ2) is 4.80. The van der Waals surface area contributed by atoms with Gasteiger partial charge in [-0.15, -0.1) is 0 Å². The summed E-state index contributed by atoms with van der Waals surface area (Å²) in [4.78, 5) is 20.7. The van der Waals surface area contributed by atoms with Gasteiger partial charge in [0.15, 0.2) is 5.82 Å². The summed E-state index contributed by atoms with van der Waals surface area (Å²) in [6.07, 6.45) is 0. The summed E-state index contributed by atoms with van der Waals surface area (Å²) in [5, 5.41) is 0.415. The Morgan fingerprint density at radius 2 is 1.90 bits per heavy atom. The van der Waals surface area contributed by atoms with Gasteiger partial charge in [0.25, 0.3) is 5.91 Å². The number of para-hydroxylation sites is 1. The van der Waals surface area contributed by atoms with Crippen LogP contribution in [0.5, 0.6) is 0 Å². The molecule has 2 heterocycles. The van der Waals surface area contributed by atoms with Gasteiger partial charge in [0, 0.05) is 13.6 Å². The van der Waals surface area contributed by atoms with Gasteiger partial charge in [0.1, 0.15) is 5.15 Å². The zero-order valence-electron chi connectivity index (χ0n) is 11.3. The number of benzene rings is 1. The predicted molar refractivity (Wildman–Crippen MR) is 81.1 cm³/mol. The van der Waals surface area contributed by atoms with Gasteiger partial charge in [-0.25, -0.2) is 4.98 Å². The summed E-state index contributed by atoms with van der Waals surface area (Å²) in [6, 6.07) is 11.1. The maximum absolute atomic E-state index is 12.7. The van der Waals surface area contributed by atoms with E-state index in [1.165, 1.54) is 0 Å². The quantitative estimate of drug-likeness (QED) is 0.754. The summed E-state index contributed by atoms with van der Waals surface area (Å²) in [6.45, 7) is 2.53. The van der Waals surface area contributed by atoms with Crippen molar-refractivity contribution in [1.82, 2.24) is 4.98 Å². The van der Waals surface area contributed by atoms with Crippen molar-refractivity contribution in [2.45, 2.75) is 6.92 Å². The van der Waals surface area contributed by atoms with Crippen molar-refractivity contribution in [1.29, 1.82) is 0 Å². The zero-order chi connectivity index (χ0) is 14.3. The molecule has 5 heteroatoms. The van der Waals surface area contributed by atoms with Crippen LogP contribution in [0.15, 0.2) is 36.4 Å². The molecule has 0 fully saturated rings. The van der Waals surface area contributed by atoms with Gasteiger partial charge < -0.3 is 9.80 Å². The fraction of sp³-hybridized carbons (Fsp3) is 0.200. The molecular weight excluding hydrogens is 274 g/mol. The first-order chi connectivity index (χ1) is 9.63. The monoisotopic (exact) mass is 287 g/mol. The van der Waals surface area contributed by atoms with E-state index in [0.717, 1.165) is 11.4 Å². The molecular formula is C15H14ClN3O. The molecule has 0 N–H and O–H groups in total. The fourth-order valence-electron chi connectivity index (χ4n) is 2.51. The molecule has 0 atom stereocenters. The number of amides is 1. The molecule has 3 rings (SSSR count). The zero-order valence-corrected chi connectivity index (χ0v) is 12.1. The number of pyridine rings is 1. The molecule has 0 saturated carbocycles. The van der Waals surface area contributed by atoms with Crippen molar-refractivity contribution >= 4 is 34.7 Å². The summed E-state index contributed by atoms with van der Waals surface area (Å²) in [7, 11) is 1.90. The molecule has 1 aliphatic heterocycles. The van der Waals surface area contributed by atoms with Crippen LogP contribution in [-0.2, 0) is 0 Å². The highest BCUT2D eigenvalue weighted by Gasteiger charge is 2.29. The number of nitrogens with zero attached hydrogens (tertiary/aromatic N) is 3. The lowest BCUT2D eigenvalue weighted by molar-refractivity contribution is 0.0989. The highest BCUT2D eigenvalue weighted by molar-refractivity contribution is 6.29. The van der Waals surface area contributed by atoms with Gasteiger partial charge >= 0.3 is 0 Å². The third kappa shape index (κ3) is 1.84. The van der Waals surface area contributed by atoms with Gasteiger partial charge in [-0.3, -0.25) is 4.79 Å². The molecule has 20 heavy (non-hydrogen) atoms. The molecule has 1 aromatic heterocycles. The highest BCUT2D eigenvalue weighted by Crippen LogP contribution is 2.38. The summed E-state index contributed by atoms with van der Waals surface area (Å²) in [5.41, 5.74) is 2.29. The van der Waals surface area contributed by atoms with Crippen molar-refractivity contribution in [3.8, 4) is 0 Å². The van der Waals surface area contributed by atoms with Crippen molar-refractivity contribution < 1.29 is 4.79 Å². The van der Waals surface area contributed by atoms with E-state index in [1.54, 1.807) is 11.0 Å². The Hall–Kier alpha value is -2.07. The van der Waals surface area contributed by atoms with Crippen molar-refractivity contribution in [3.05, 3.63) is 47.1 Å². The minimum Gasteiger partial charge on any atom is -0.327 e. The van der Waals surface area contributed by atoms with Crippen LogP contribution in [0, 0.1) is 0 Å². The Balaban J connectivity index is 2.31. The van der Waals surface area contributed by atoms with Crippen LogP contribution >= 0.6 is 11.6 Å². The average Bonchev–Trinajstić information content (AvgIpc) is 2.55. The number of aromatic nitrogens is 1. The number of rotatable bonds is 1. The molecule has 102 valence electrons. The topological polar surface area (TPSA) is 36.4 Å². The Bertz CT molecular complexity index is 687. The normalized spacial score (nSPS) is 13.8. The number of fused-ring (bicyclic) bond motifs is 2. The minimum absolute atomic E-state index is 0.0159. The Morgan fingerprint density at radius 1 is 1.15 bits per heavy atom. The second-order valence-electron chi connectivity index (χ2n) is 4.60. The van der Waals surface area contributed by atoms with Crippen LogP contribution < -0.4 is 9.80 Å². The van der Waals surface area contributed by atoms with E-state index >= 15 is 0 Å². The molecule has 1 aliphatic rings. The summed E-state index contributed by atoms with van der Waals surface area (Å²) in [5.74, 6) is 0.676. The first-order valence-corrected chi connectivity index (χ1v) is 6.82. The molecule has 1 aromatic carbocycles. The molecule has 4 nitrogen and oxygen atoms in total. The first kappa shape index (κ1) is 12.9. The van der Waals surface area contributed by atoms with Crippen LogP contribution in [0.3, 0.4) is 0 Å². The smallest absolute Gasteiger partial charge is 0.260 e. The standard InChI is InChI=1S/C15H14ClN3O/c1-3-19-12-8-9-13(16)17-14(12)18(2)11-7-5-4-6-10(11)15(19)20/h4-9H,3H2,1-2H3. The third-order valence-corrected chi connectivity index (χ3v) is 3.70. The average molecular weight is 288 g/mol. The maximum atomic E-state index is 12.7. The molecule has 0 aliphatic carbocycles. The number of hydrogen-bond acceptors (Lipinski definition) is 3. The van der Waals surface area contributed by atoms with Crippen LogP contribution in [0.25, 0.3) is 0 Å². The molecule has 2 aromatic rings. The number of halogens is 1. The minimum atomic E-state index is -0.0159. The Labute approximate surface area is 122 Å². The first-order valence-electron chi connectivity index (χ1n) is 6.44. The van der Waals surface area contributed by atoms with Gasteiger partial charge in [-0.2, -0.15) is 0 Å². The number of anilines is 3. The lowest BCUT2D eigenvalue weighted by atomic mass is 10.1. The molecule has 0 unspecified atom stereocenters. The van der Waals surface area contributed by atoms with Crippen LogP contribution in [-0.4, -0.2) is 24.5 Å². The Kier molecular flexibility index (Phi) is 3.10. The largest absolute Gasteiger partial charge is 0.327 e. The van der Waals surface area contributed by atoms with E-state index in [2.05, 4.69) is 4.98 Å². The molecule has 0 bridgehead atoms. The highest BCUT2D eigenvalue weighted by atomic mass is 35.5. The number of hydrogen-bond donors (Lipinski definition) is 0. The molecule has 0 spiro atoms. The second-order valence-corrected chi connectivity index (χ2v) is 4.99. The van der Waals surface area contributed by atoms with Gasteiger partial charge in [-0.05, 0) is 31.2 Å². The Morgan fingerprint density at radius 3 is 2.65 bits per heavy atom. The molecule has 0 saturated heterocycles. The SMILES string of the molecule is CCN1C(=O)c2ccccc2N(C)c2nc(Cl)ccc21. The maximum Gasteiger partial charge on any atom is 0.260 e. The predicted octanol–water partition coefficient (Wildman–Crippen LogP) is 3.48. The third-order valence-electron chi connectivity index (χ3n) is 3.49. The van der Waals surface area contributed by atoms with E-state index in [9.17, 15) is 4.79 Å². The molecule has 1 amide bonds. The van der Waals surface area contributed by atoms with Crippen molar-refractivity contribution in [3.63, 3.8) is 0 Å². The van der Waals surface area contributed by atoms with Crippen LogP contribution in [0.2, 0.25) is 5.15 Å². The van der Waals surface area contributed by atoms with E-state index < -0.39 is 0 Å². The van der Waals surface area contributed by atoms with Gasteiger partial charge in [0.2, 0.25) is 0 Å². The van der Waals surface area contributed by atoms with Crippen LogP contribution in [0.4, 0.5) is 17.2 Å². The van der Waals surface area contributed by atoms with E-state index in [1.807, 2.05) is 49.2 Å². The van der Waals surface area contributed by atoms with E-state index in [4.69, 9.17) is 11.6 Å². The van der Waals surface area contributed by atoms with Crippen molar-refractivity contribution in [2.75, 3.05) is 23.4 Å². The lowest BCUT2D eigenvalue weighted by Crippen LogP contribution is -2.30. The van der Waals surface area contributed by atoms with Gasteiger partial charge in [-0.1, -0.05) is 23.7 Å². The van der Waals surface area contributed by atoms with E-state index in [0.29, 0.717) is 23.1 Å². The van der Waals surface area contributed by atoms with E-state index in [-0.39, 0.29) is 5.91 Å². The number of carbonyl (C=O) groups is 1. The van der Waals surface area contributed by atoms with Crippen molar-refractivity contribution in [2.24, 2.45) is 0 Å². The lowest BCUT2D eigenvalue weighted by Gasteiger charge is -2.22. The molecule has 0 radical (unpaired) electrons. The van der Waals surface area contributed by atoms with Crippen LogP contribution in [0.1, 0.15) is 17.3 Å². The number of carbonyl (C=O) groups excluding carboxylic acids is 1. The van der Waals surface area contributed by atoms with Gasteiger partial charge in [0.05, 0.1) is 16.9 Å². The summed E-state index contributed by atoms with van der Waals surface area (Å²) >= 11 is 6.01.